The molecule has 2 unspecified atom stereocenters. The van der Waals surface area contributed by atoms with Gasteiger partial charge >= 0.3 is 5.97 Å². The van der Waals surface area contributed by atoms with Crippen molar-refractivity contribution in [2.45, 2.75) is 180 Å². The summed E-state index contributed by atoms with van der Waals surface area (Å²) in [6.07, 6.45) is 11.2. The van der Waals surface area contributed by atoms with Crippen LogP contribution in [0.15, 0.2) is 47.6 Å². The molecule has 3 aliphatic heterocycles. The Morgan fingerprint density at radius 1 is 0.846 bits per heavy atom. The second-order valence-corrected chi connectivity index (χ2v) is 19.6. The molecule has 366 valence electrons. The number of fused-ring (bicyclic) bond motifs is 3. The van der Waals surface area contributed by atoms with Crippen LogP contribution in [-0.2, 0) is 47.7 Å². The molecule has 1 saturated carbocycles. The number of cyclic esters (lactones) is 1. The van der Waals surface area contributed by atoms with Gasteiger partial charge in [0.1, 0.15) is 30.1 Å². The maximum absolute atomic E-state index is 14.4. The van der Waals surface area contributed by atoms with Gasteiger partial charge in [0.25, 0.3) is 11.7 Å². The van der Waals surface area contributed by atoms with Crippen LogP contribution in [0, 0.1) is 35.5 Å². The number of allylic oxidation sites excluding steroid dienone is 6. The van der Waals surface area contributed by atoms with Crippen molar-refractivity contribution in [2.75, 3.05) is 27.9 Å². The number of Topliss-reactive ketones (excluding diaryl/α,β-unsaturated/α-hetero) is 3. The Kier molecular flexibility index (Phi) is 21.0. The van der Waals surface area contributed by atoms with Crippen LogP contribution >= 0.6 is 0 Å². The van der Waals surface area contributed by atoms with E-state index in [0.29, 0.717) is 63.4 Å². The van der Waals surface area contributed by atoms with Crippen molar-refractivity contribution in [3.63, 3.8) is 0 Å². The number of aliphatic hydroxyl groups excluding tert-OH is 2. The van der Waals surface area contributed by atoms with Crippen LogP contribution in [0.2, 0.25) is 0 Å². The highest BCUT2D eigenvalue weighted by Crippen LogP contribution is 2.38. The molecule has 65 heavy (non-hydrogen) atoms. The number of ether oxygens (including phenoxy) is 5. The van der Waals surface area contributed by atoms with Gasteiger partial charge < -0.3 is 43.9 Å². The number of methoxy groups -OCH3 is 3. The van der Waals surface area contributed by atoms with Crippen LogP contribution in [0.1, 0.15) is 126 Å². The molecule has 3 heterocycles. The van der Waals surface area contributed by atoms with E-state index in [1.807, 2.05) is 58.1 Å². The summed E-state index contributed by atoms with van der Waals surface area (Å²) in [5, 5.41) is 33.8. The third-order valence-corrected chi connectivity index (χ3v) is 14.5. The molecular weight excluding hydrogens is 835 g/mol. The van der Waals surface area contributed by atoms with Crippen molar-refractivity contribution in [3.8, 4) is 0 Å². The molecule has 0 aromatic carbocycles. The summed E-state index contributed by atoms with van der Waals surface area (Å²) in [5.41, 5.74) is 1.27. The van der Waals surface area contributed by atoms with Crippen molar-refractivity contribution in [1.82, 2.24) is 4.90 Å². The van der Waals surface area contributed by atoms with Crippen molar-refractivity contribution < 1.29 is 63.0 Å². The van der Waals surface area contributed by atoms with Crippen LogP contribution in [0.4, 0.5) is 0 Å². The number of carbonyl (C=O) groups is 5. The van der Waals surface area contributed by atoms with Crippen LogP contribution in [-0.4, -0.2) is 132 Å². The highest BCUT2D eigenvalue weighted by Gasteiger charge is 2.53. The number of hydrogen-bond acceptors (Lipinski definition) is 13. The highest BCUT2D eigenvalue weighted by atomic mass is 16.6. The Bertz CT molecular complexity index is 1760. The Labute approximate surface area is 387 Å². The molecule has 15 atom stereocenters. The topological polar surface area (TPSA) is 195 Å². The zero-order chi connectivity index (χ0) is 48.2. The van der Waals surface area contributed by atoms with E-state index in [0.717, 1.165) is 12.0 Å². The number of piperidine rings is 1. The van der Waals surface area contributed by atoms with Gasteiger partial charge in [-0.2, -0.15) is 0 Å². The molecular formula is C51H79NO13. The van der Waals surface area contributed by atoms with Gasteiger partial charge in [0.05, 0.1) is 24.4 Å². The predicted molar refractivity (Wildman–Crippen MR) is 245 cm³/mol. The van der Waals surface area contributed by atoms with E-state index >= 15 is 0 Å². The van der Waals surface area contributed by atoms with Crippen LogP contribution in [0.5, 0.6) is 0 Å². The fraction of sp³-hybridized carbons (Fsp3) is 0.745. The van der Waals surface area contributed by atoms with Gasteiger partial charge in [0.2, 0.25) is 5.79 Å². The Hall–Kier alpha value is -3.37. The van der Waals surface area contributed by atoms with Gasteiger partial charge in [-0.15, -0.1) is 0 Å². The lowest BCUT2D eigenvalue weighted by Gasteiger charge is -2.42. The predicted octanol–water partition coefficient (Wildman–Crippen LogP) is 6.18. The molecule has 2 bridgehead atoms. The lowest BCUT2D eigenvalue weighted by molar-refractivity contribution is -0.265. The number of amides is 1. The van der Waals surface area contributed by atoms with E-state index in [1.54, 1.807) is 41.1 Å². The number of aliphatic hydroxyl groups is 3. The first-order valence-corrected chi connectivity index (χ1v) is 23.9. The molecule has 3 fully saturated rings. The summed E-state index contributed by atoms with van der Waals surface area (Å²) in [6.45, 7) is 12.7. The number of esters is 1. The third-order valence-electron chi connectivity index (χ3n) is 14.5. The summed E-state index contributed by atoms with van der Waals surface area (Å²) >= 11 is 0. The first-order chi connectivity index (χ1) is 30.7. The van der Waals surface area contributed by atoms with E-state index in [1.165, 1.54) is 12.0 Å². The first-order valence-electron chi connectivity index (χ1n) is 23.9. The van der Waals surface area contributed by atoms with E-state index in [-0.39, 0.29) is 54.8 Å². The quantitative estimate of drug-likeness (QED) is 0.156. The number of nitrogens with zero attached hydrogens (tertiary/aromatic N) is 1. The Morgan fingerprint density at radius 2 is 1.57 bits per heavy atom. The molecule has 3 N–H and O–H groups in total. The molecule has 14 nitrogen and oxygen atoms in total. The normalized spacial score (nSPS) is 39.1. The minimum Gasteiger partial charge on any atom is -0.460 e. The molecule has 14 heteroatoms. The van der Waals surface area contributed by atoms with E-state index < -0.39 is 83.9 Å². The van der Waals surface area contributed by atoms with E-state index in [2.05, 4.69) is 0 Å². The molecule has 4 aliphatic rings. The largest absolute Gasteiger partial charge is 0.460 e. The number of hydrogen-bond donors (Lipinski definition) is 3. The maximum atomic E-state index is 14.4. The Morgan fingerprint density at radius 3 is 2.25 bits per heavy atom. The number of rotatable bonds is 6. The summed E-state index contributed by atoms with van der Waals surface area (Å²) in [4.78, 5) is 71.8. The zero-order valence-corrected chi connectivity index (χ0v) is 40.6. The minimum atomic E-state index is -2.43. The fourth-order valence-electron chi connectivity index (χ4n) is 10.1. The minimum absolute atomic E-state index is 0.0193. The van der Waals surface area contributed by atoms with Crippen LogP contribution in [0.3, 0.4) is 0 Å². The number of ketones is 3. The van der Waals surface area contributed by atoms with Gasteiger partial charge in [0, 0.05) is 58.5 Å². The van der Waals surface area contributed by atoms with Gasteiger partial charge in [0.15, 0.2) is 5.78 Å². The standard InChI is InChI=1S/C51H79NO13/c1-30-16-12-11-13-17-31(2)42(61-8)28-38-21-19-36(7)51(60,65-38)48(57)49(58)52-23-15-14-18-39(52)50(59)64-43(33(4)26-37-20-22-40(53)44(27-37)62-9)29-41(54)32(3)25-35(6)46(56)47(63-10)45(55)34(5)24-30/h11-13,16-17,25,30,32-34,36-40,42-44,46-47,53,56,60H,14-15,18-24,26-29H2,1-10H3/b13-11?,16-12+,31-17?,35-25+/t30-,32?,33-,34-,36-,37+,38+,39+,40-,42+,43+,44-,46?,47+,51-/m1/s1. The summed E-state index contributed by atoms with van der Waals surface area (Å²) in [5.74, 6) is -7.96. The zero-order valence-electron chi connectivity index (χ0n) is 40.6. The van der Waals surface area contributed by atoms with E-state index in [9.17, 15) is 39.3 Å². The van der Waals surface area contributed by atoms with Crippen molar-refractivity contribution in [2.24, 2.45) is 35.5 Å². The average Bonchev–Trinajstić information content (AvgIpc) is 3.28. The van der Waals surface area contributed by atoms with Gasteiger partial charge in [-0.3, -0.25) is 19.2 Å². The fourth-order valence-corrected chi connectivity index (χ4v) is 10.1. The molecule has 0 spiro atoms. The number of carbonyl (C=O) groups excluding carboxylic acids is 5. The van der Waals surface area contributed by atoms with E-state index in [4.69, 9.17) is 23.7 Å². The van der Waals surface area contributed by atoms with Crippen molar-refractivity contribution in [3.05, 3.63) is 47.6 Å². The van der Waals surface area contributed by atoms with Gasteiger partial charge in [-0.1, -0.05) is 71.1 Å². The third kappa shape index (κ3) is 14.3. The van der Waals surface area contributed by atoms with Crippen LogP contribution in [0.25, 0.3) is 0 Å². The van der Waals surface area contributed by atoms with Crippen molar-refractivity contribution >= 4 is 29.2 Å². The summed E-state index contributed by atoms with van der Waals surface area (Å²) < 4.78 is 29.4. The average molecular weight is 914 g/mol. The van der Waals surface area contributed by atoms with Crippen LogP contribution < -0.4 is 0 Å². The van der Waals surface area contributed by atoms with Crippen molar-refractivity contribution in [1.29, 1.82) is 0 Å². The molecule has 1 amide bonds. The second-order valence-electron chi connectivity index (χ2n) is 19.6. The molecule has 2 saturated heterocycles. The molecule has 0 radical (unpaired) electrons. The molecule has 0 aromatic rings. The summed E-state index contributed by atoms with van der Waals surface area (Å²) in [7, 11) is 4.52. The second kappa shape index (κ2) is 25.1. The molecule has 0 aromatic heterocycles. The molecule has 1 aliphatic carbocycles. The first kappa shape index (κ1) is 54.2. The lowest BCUT2D eigenvalue weighted by atomic mass is 9.78. The lowest BCUT2D eigenvalue weighted by Crippen LogP contribution is -2.61. The van der Waals surface area contributed by atoms with Gasteiger partial charge in [-0.25, -0.2) is 4.79 Å². The summed E-state index contributed by atoms with van der Waals surface area (Å²) in [6, 6.07) is -1.14. The highest BCUT2D eigenvalue weighted by molar-refractivity contribution is 6.39. The van der Waals surface area contributed by atoms with Gasteiger partial charge in [-0.05, 0) is 107 Å². The maximum Gasteiger partial charge on any atom is 0.329 e. The monoisotopic (exact) mass is 914 g/mol. The SMILES string of the molecule is CO[C@H]1C[C@@H]2CC[C@@H](C)[C@@](O)(O2)C(=O)C(=O)N2CCCC[C@H]2C(=O)O[C@H]([C@H](C)C[C@@H]2CC[C@@H](O)[C@H](OC)C2)CC(=O)C(C)/C=C(\C)C(O)[C@@H](OC)C(=O)[C@H](C)C[C@H](C)/C=C/C=CC=C1C. The Balaban J connectivity index is 1.70. The molecule has 4 rings (SSSR count). The smallest absolute Gasteiger partial charge is 0.329 e.